The molecule has 0 spiro atoms. The van der Waals surface area contributed by atoms with Gasteiger partial charge in [-0.1, -0.05) is 0 Å². The number of carbonyl (C=O) groups excluding carboxylic acids is 2. The highest BCUT2D eigenvalue weighted by molar-refractivity contribution is 5.87. The van der Waals surface area contributed by atoms with Crippen LogP contribution in [0.3, 0.4) is 0 Å². The Kier molecular flexibility index (Phi) is 6.51. The number of aliphatic hydroxyl groups excluding tert-OH is 2. The van der Waals surface area contributed by atoms with Crippen molar-refractivity contribution in [1.29, 1.82) is 0 Å². The van der Waals surface area contributed by atoms with Crippen LogP contribution in [0.2, 0.25) is 0 Å². The van der Waals surface area contributed by atoms with E-state index in [1.807, 2.05) is 0 Å². The van der Waals surface area contributed by atoms with Crippen molar-refractivity contribution in [1.82, 2.24) is 10.2 Å². The van der Waals surface area contributed by atoms with Crippen molar-refractivity contribution in [2.24, 2.45) is 0 Å². The molecule has 0 aromatic heterocycles. The van der Waals surface area contributed by atoms with Crippen LogP contribution in [0.1, 0.15) is 0 Å². The fraction of sp³-hybridized carbons (Fsp3) is 0.750. The number of amides is 2. The summed E-state index contributed by atoms with van der Waals surface area (Å²) in [5.74, 6) is -3.02. The van der Waals surface area contributed by atoms with E-state index in [1.165, 1.54) is 5.32 Å². The van der Waals surface area contributed by atoms with Crippen LogP contribution in [0.4, 0.5) is 13.2 Å². The third-order valence-corrected chi connectivity index (χ3v) is 1.75. The van der Waals surface area contributed by atoms with Crippen LogP contribution in [-0.4, -0.2) is 66.0 Å². The lowest BCUT2D eigenvalue weighted by atomic mass is 10.4. The maximum absolute atomic E-state index is 11.8. The molecule has 0 saturated heterocycles. The van der Waals surface area contributed by atoms with Gasteiger partial charge in [0, 0.05) is 13.1 Å². The second-order valence-electron chi connectivity index (χ2n) is 3.01. The first kappa shape index (κ1) is 15.7. The van der Waals surface area contributed by atoms with Crippen LogP contribution in [-0.2, 0) is 9.59 Å². The van der Waals surface area contributed by atoms with Gasteiger partial charge >= 0.3 is 12.1 Å². The van der Waals surface area contributed by atoms with E-state index in [9.17, 15) is 22.8 Å². The summed E-state index contributed by atoms with van der Waals surface area (Å²) in [6.07, 6.45) is -5.04. The molecule has 17 heavy (non-hydrogen) atoms. The molecule has 3 N–H and O–H groups in total. The fourth-order valence-corrected chi connectivity index (χ4v) is 0.971. The predicted molar refractivity (Wildman–Crippen MR) is 49.8 cm³/mol. The third-order valence-electron chi connectivity index (χ3n) is 1.75. The fourth-order valence-electron chi connectivity index (χ4n) is 0.971. The molecule has 0 radical (unpaired) electrons. The topological polar surface area (TPSA) is 89.9 Å². The summed E-state index contributed by atoms with van der Waals surface area (Å²) in [6, 6.07) is 0. The lowest BCUT2D eigenvalue weighted by Gasteiger charge is -2.20. The molecule has 0 aliphatic carbocycles. The molecular weight excluding hydrogens is 245 g/mol. The van der Waals surface area contributed by atoms with Crippen molar-refractivity contribution in [3.8, 4) is 0 Å². The van der Waals surface area contributed by atoms with E-state index in [0.717, 1.165) is 4.90 Å². The Balaban J connectivity index is 4.18. The molecule has 0 rings (SSSR count). The average molecular weight is 258 g/mol. The minimum absolute atomic E-state index is 0.124. The first-order valence-electron chi connectivity index (χ1n) is 4.67. The largest absolute Gasteiger partial charge is 0.471 e. The maximum atomic E-state index is 11.8. The van der Waals surface area contributed by atoms with E-state index in [-0.39, 0.29) is 26.3 Å². The normalized spacial score (nSPS) is 11.1. The zero-order chi connectivity index (χ0) is 13.5. The monoisotopic (exact) mass is 258 g/mol. The van der Waals surface area contributed by atoms with Gasteiger partial charge in [0.25, 0.3) is 0 Å². The summed E-state index contributed by atoms with van der Waals surface area (Å²) in [6.45, 7) is -1.86. The van der Waals surface area contributed by atoms with Gasteiger partial charge in [-0.2, -0.15) is 13.2 Å². The Labute approximate surface area is 95.0 Å². The van der Waals surface area contributed by atoms with Crippen LogP contribution < -0.4 is 5.32 Å². The molecule has 0 heterocycles. The molecule has 6 nitrogen and oxygen atoms in total. The lowest BCUT2D eigenvalue weighted by Crippen LogP contribution is -2.45. The molecule has 0 saturated carbocycles. The summed E-state index contributed by atoms with van der Waals surface area (Å²) in [7, 11) is 0. The van der Waals surface area contributed by atoms with Crippen LogP contribution in [0.15, 0.2) is 0 Å². The number of carbonyl (C=O) groups is 2. The Morgan fingerprint density at radius 1 is 1.12 bits per heavy atom. The van der Waals surface area contributed by atoms with Crippen LogP contribution in [0, 0.1) is 0 Å². The summed E-state index contributed by atoms with van der Waals surface area (Å²) in [5.41, 5.74) is 0. The summed E-state index contributed by atoms with van der Waals surface area (Å²) in [4.78, 5) is 22.6. The molecule has 0 aliphatic heterocycles. The maximum Gasteiger partial charge on any atom is 0.471 e. The second kappa shape index (κ2) is 7.07. The number of halogens is 3. The highest BCUT2D eigenvalue weighted by atomic mass is 19.4. The van der Waals surface area contributed by atoms with Crippen molar-refractivity contribution in [3.05, 3.63) is 0 Å². The first-order valence-corrected chi connectivity index (χ1v) is 4.67. The quantitative estimate of drug-likeness (QED) is 0.539. The Hall–Kier alpha value is -1.35. The standard InChI is InChI=1S/C8H13F3N2O4/c9-8(10,11)7(17)12-5-6(16)13(1-3-14)2-4-15/h14-15H,1-5H2,(H,12,17). The SMILES string of the molecule is O=C(CNC(=O)C(F)(F)F)N(CCO)CCO. The number of nitrogens with one attached hydrogen (secondary N) is 1. The van der Waals surface area contributed by atoms with Crippen molar-refractivity contribution in [2.75, 3.05) is 32.8 Å². The number of hydrogen-bond donors (Lipinski definition) is 3. The predicted octanol–water partition coefficient (Wildman–Crippen LogP) is -1.52. The molecule has 0 aromatic rings. The Morgan fingerprint density at radius 2 is 1.59 bits per heavy atom. The zero-order valence-corrected chi connectivity index (χ0v) is 8.83. The van der Waals surface area contributed by atoms with Crippen LogP contribution >= 0.6 is 0 Å². The lowest BCUT2D eigenvalue weighted by molar-refractivity contribution is -0.174. The molecule has 0 aliphatic rings. The van der Waals surface area contributed by atoms with Gasteiger partial charge in [-0.25, -0.2) is 0 Å². The van der Waals surface area contributed by atoms with Crippen molar-refractivity contribution < 1.29 is 33.0 Å². The Bertz CT molecular complexity index is 264. The molecule has 2 amide bonds. The smallest absolute Gasteiger partial charge is 0.395 e. The van der Waals surface area contributed by atoms with Gasteiger partial charge in [-0.3, -0.25) is 9.59 Å². The number of alkyl halides is 3. The summed E-state index contributed by atoms with van der Waals surface area (Å²) in [5, 5.41) is 18.6. The van der Waals surface area contributed by atoms with Crippen molar-refractivity contribution in [3.63, 3.8) is 0 Å². The van der Waals surface area contributed by atoms with E-state index in [1.54, 1.807) is 0 Å². The van der Waals surface area contributed by atoms with Gasteiger partial charge in [0.05, 0.1) is 19.8 Å². The molecule has 0 unspecified atom stereocenters. The summed E-state index contributed by atoms with van der Waals surface area (Å²) < 4.78 is 35.3. The number of hydrogen-bond acceptors (Lipinski definition) is 4. The van der Waals surface area contributed by atoms with Crippen LogP contribution in [0.25, 0.3) is 0 Å². The molecule has 0 bridgehead atoms. The second-order valence-corrected chi connectivity index (χ2v) is 3.01. The number of rotatable bonds is 6. The molecule has 0 atom stereocenters. The van der Waals surface area contributed by atoms with E-state index >= 15 is 0 Å². The minimum Gasteiger partial charge on any atom is -0.395 e. The summed E-state index contributed by atoms with van der Waals surface area (Å²) >= 11 is 0. The van der Waals surface area contributed by atoms with Crippen molar-refractivity contribution in [2.45, 2.75) is 6.18 Å². The van der Waals surface area contributed by atoms with Gasteiger partial charge in [-0.15, -0.1) is 0 Å². The molecule has 9 heteroatoms. The van der Waals surface area contributed by atoms with Gasteiger partial charge in [0.2, 0.25) is 5.91 Å². The van der Waals surface area contributed by atoms with Crippen molar-refractivity contribution >= 4 is 11.8 Å². The van der Waals surface area contributed by atoms with E-state index in [0.29, 0.717) is 0 Å². The average Bonchev–Trinajstić information content (AvgIpc) is 2.23. The van der Waals surface area contributed by atoms with Crippen LogP contribution in [0.5, 0.6) is 0 Å². The molecule has 0 aromatic carbocycles. The number of nitrogens with zero attached hydrogens (tertiary/aromatic N) is 1. The van der Waals surface area contributed by atoms with Gasteiger partial charge in [0.1, 0.15) is 0 Å². The Morgan fingerprint density at radius 3 is 1.94 bits per heavy atom. The highest BCUT2D eigenvalue weighted by Crippen LogP contribution is 2.13. The van der Waals surface area contributed by atoms with Gasteiger partial charge < -0.3 is 20.4 Å². The molecule has 100 valence electrons. The minimum atomic E-state index is -5.04. The zero-order valence-electron chi connectivity index (χ0n) is 8.83. The van der Waals surface area contributed by atoms with E-state index in [2.05, 4.69) is 0 Å². The molecular formula is C8H13F3N2O4. The van der Waals surface area contributed by atoms with E-state index in [4.69, 9.17) is 10.2 Å². The molecule has 0 fully saturated rings. The van der Waals surface area contributed by atoms with Gasteiger partial charge in [0.15, 0.2) is 0 Å². The number of aliphatic hydroxyl groups is 2. The first-order chi connectivity index (χ1) is 7.82. The highest BCUT2D eigenvalue weighted by Gasteiger charge is 2.38. The van der Waals surface area contributed by atoms with Gasteiger partial charge in [-0.05, 0) is 0 Å². The van der Waals surface area contributed by atoms with E-state index < -0.39 is 24.5 Å². The third kappa shape index (κ3) is 6.07.